The van der Waals surface area contributed by atoms with Gasteiger partial charge in [-0.05, 0) is 42.7 Å². The predicted octanol–water partition coefficient (Wildman–Crippen LogP) is 5.08. The Morgan fingerprint density at radius 3 is 2.72 bits per heavy atom. The topological polar surface area (TPSA) is 62.3 Å². The van der Waals surface area contributed by atoms with E-state index < -0.39 is 5.97 Å². The van der Waals surface area contributed by atoms with E-state index in [-0.39, 0.29) is 6.42 Å². The monoisotopic (exact) mass is 357 g/mol. The Bertz CT molecular complexity index is 930. The number of fused-ring (bicyclic) bond motifs is 1. The van der Waals surface area contributed by atoms with Crippen molar-refractivity contribution in [3.63, 3.8) is 0 Å². The highest BCUT2D eigenvalue weighted by molar-refractivity contribution is 6.31. The van der Waals surface area contributed by atoms with Crippen molar-refractivity contribution in [2.45, 2.75) is 26.7 Å². The van der Waals surface area contributed by atoms with Crippen molar-refractivity contribution < 1.29 is 14.6 Å². The summed E-state index contributed by atoms with van der Waals surface area (Å²) >= 11 is 6.20. The highest BCUT2D eigenvalue weighted by atomic mass is 35.5. The zero-order valence-electron chi connectivity index (χ0n) is 14.2. The third kappa shape index (κ3) is 3.35. The second kappa shape index (κ2) is 7.19. The molecule has 0 aliphatic carbocycles. The number of halogens is 1. The highest BCUT2D eigenvalue weighted by Crippen LogP contribution is 2.38. The number of benzene rings is 2. The molecule has 0 aliphatic heterocycles. The van der Waals surface area contributed by atoms with Crippen LogP contribution in [0, 0.1) is 0 Å². The van der Waals surface area contributed by atoms with Crippen LogP contribution in [-0.4, -0.2) is 22.7 Å². The van der Waals surface area contributed by atoms with Crippen molar-refractivity contribution >= 4 is 28.5 Å². The molecule has 4 nitrogen and oxygen atoms in total. The number of ether oxygens (including phenoxy) is 1. The summed E-state index contributed by atoms with van der Waals surface area (Å²) in [5.41, 5.74) is 4.41. The van der Waals surface area contributed by atoms with E-state index in [2.05, 4.69) is 18.0 Å². The van der Waals surface area contributed by atoms with Crippen LogP contribution in [0.4, 0.5) is 0 Å². The molecule has 1 heterocycles. The standard InChI is InChI=1S/C20H20ClNO3/c1-3-12-6-5-7-14-15(11-18(23)24)20(22-19(12)14)16-10-13(21)8-9-17(16)25-4-2/h5-10,22H,3-4,11H2,1-2H3,(H,23,24). The zero-order valence-corrected chi connectivity index (χ0v) is 15.0. The summed E-state index contributed by atoms with van der Waals surface area (Å²) < 4.78 is 5.73. The number of hydrogen-bond donors (Lipinski definition) is 2. The summed E-state index contributed by atoms with van der Waals surface area (Å²) in [5, 5.41) is 10.9. The third-order valence-electron chi connectivity index (χ3n) is 4.25. The molecule has 3 rings (SSSR count). The molecule has 2 aromatic carbocycles. The van der Waals surface area contributed by atoms with Crippen molar-refractivity contribution in [1.82, 2.24) is 4.98 Å². The van der Waals surface area contributed by atoms with Gasteiger partial charge in [0.15, 0.2) is 0 Å². The molecule has 0 bridgehead atoms. The fourth-order valence-electron chi connectivity index (χ4n) is 3.17. The summed E-state index contributed by atoms with van der Waals surface area (Å²) in [5.74, 6) is -0.188. The minimum absolute atomic E-state index is 0.0689. The van der Waals surface area contributed by atoms with Crippen LogP contribution in [-0.2, 0) is 17.6 Å². The first-order valence-corrected chi connectivity index (χ1v) is 8.69. The van der Waals surface area contributed by atoms with E-state index in [1.54, 1.807) is 6.07 Å². The number of H-pyrrole nitrogens is 1. The second-order valence-electron chi connectivity index (χ2n) is 5.82. The molecule has 0 saturated carbocycles. The molecule has 0 spiro atoms. The van der Waals surface area contributed by atoms with Gasteiger partial charge in [-0.3, -0.25) is 4.79 Å². The average molecular weight is 358 g/mol. The highest BCUT2D eigenvalue weighted by Gasteiger charge is 2.20. The largest absolute Gasteiger partial charge is 0.493 e. The average Bonchev–Trinajstić information content (AvgIpc) is 2.94. The van der Waals surface area contributed by atoms with Crippen LogP contribution in [0.3, 0.4) is 0 Å². The van der Waals surface area contributed by atoms with Crippen LogP contribution >= 0.6 is 11.6 Å². The number of aromatic amines is 1. The molecule has 2 N–H and O–H groups in total. The molecular weight excluding hydrogens is 338 g/mol. The summed E-state index contributed by atoms with van der Waals surface area (Å²) in [7, 11) is 0. The van der Waals surface area contributed by atoms with Crippen LogP contribution in [0.5, 0.6) is 5.75 Å². The van der Waals surface area contributed by atoms with Gasteiger partial charge in [0.25, 0.3) is 0 Å². The number of carboxylic acids is 1. The van der Waals surface area contributed by atoms with E-state index in [1.165, 1.54) is 0 Å². The second-order valence-corrected chi connectivity index (χ2v) is 6.25. The van der Waals surface area contributed by atoms with E-state index in [1.807, 2.05) is 31.2 Å². The maximum Gasteiger partial charge on any atom is 0.307 e. The first-order chi connectivity index (χ1) is 12.0. The number of aryl methyl sites for hydroxylation is 1. The number of hydrogen-bond acceptors (Lipinski definition) is 2. The van der Waals surface area contributed by atoms with Gasteiger partial charge < -0.3 is 14.8 Å². The van der Waals surface area contributed by atoms with E-state index in [0.717, 1.165) is 39.7 Å². The Labute approximate surface area is 151 Å². The van der Waals surface area contributed by atoms with Crippen LogP contribution in [0.25, 0.3) is 22.2 Å². The summed E-state index contributed by atoms with van der Waals surface area (Å²) in [6.45, 7) is 4.51. The van der Waals surface area contributed by atoms with E-state index in [9.17, 15) is 9.90 Å². The maximum atomic E-state index is 11.5. The van der Waals surface area contributed by atoms with E-state index in [0.29, 0.717) is 17.4 Å². The van der Waals surface area contributed by atoms with Crippen LogP contribution in [0.1, 0.15) is 25.0 Å². The van der Waals surface area contributed by atoms with Gasteiger partial charge >= 0.3 is 5.97 Å². The smallest absolute Gasteiger partial charge is 0.307 e. The first kappa shape index (κ1) is 17.4. The van der Waals surface area contributed by atoms with Crippen molar-refractivity contribution in [3.8, 4) is 17.0 Å². The third-order valence-corrected chi connectivity index (χ3v) is 4.48. The van der Waals surface area contributed by atoms with E-state index >= 15 is 0 Å². The van der Waals surface area contributed by atoms with E-state index in [4.69, 9.17) is 16.3 Å². The Balaban J connectivity index is 2.32. The number of carbonyl (C=O) groups is 1. The fourth-order valence-corrected chi connectivity index (χ4v) is 3.34. The van der Waals surface area contributed by atoms with Gasteiger partial charge in [0.05, 0.1) is 18.7 Å². The molecule has 130 valence electrons. The Hall–Kier alpha value is -2.46. The molecule has 0 aliphatic rings. The van der Waals surface area contributed by atoms with Gasteiger partial charge in [0, 0.05) is 21.5 Å². The lowest BCUT2D eigenvalue weighted by atomic mass is 10.0. The molecule has 25 heavy (non-hydrogen) atoms. The van der Waals surface area contributed by atoms with Crippen molar-refractivity contribution in [1.29, 1.82) is 0 Å². The summed E-state index contributed by atoms with van der Waals surface area (Å²) in [4.78, 5) is 14.9. The van der Waals surface area contributed by atoms with Gasteiger partial charge in [-0.25, -0.2) is 0 Å². The van der Waals surface area contributed by atoms with Gasteiger partial charge in [0.1, 0.15) is 5.75 Å². The lowest BCUT2D eigenvalue weighted by molar-refractivity contribution is -0.136. The van der Waals surface area contributed by atoms with Gasteiger partial charge in [-0.1, -0.05) is 36.7 Å². The predicted molar refractivity (Wildman–Crippen MR) is 101 cm³/mol. The number of nitrogens with one attached hydrogen (secondary N) is 1. The van der Waals surface area contributed by atoms with Crippen LogP contribution in [0.15, 0.2) is 36.4 Å². The van der Waals surface area contributed by atoms with Gasteiger partial charge in [-0.15, -0.1) is 0 Å². The Morgan fingerprint density at radius 1 is 1.24 bits per heavy atom. The number of aromatic nitrogens is 1. The number of aliphatic carboxylic acids is 1. The first-order valence-electron chi connectivity index (χ1n) is 8.32. The molecule has 0 amide bonds. The summed E-state index contributed by atoms with van der Waals surface area (Å²) in [6.07, 6.45) is 0.790. The van der Waals surface area contributed by atoms with Crippen molar-refractivity contribution in [2.24, 2.45) is 0 Å². The number of para-hydroxylation sites is 1. The maximum absolute atomic E-state index is 11.5. The SMILES string of the molecule is CCOc1ccc(Cl)cc1-c1[nH]c2c(CC)cccc2c1CC(=O)O. The zero-order chi connectivity index (χ0) is 18.0. The van der Waals surface area contributed by atoms with Crippen molar-refractivity contribution in [3.05, 3.63) is 52.5 Å². The lowest BCUT2D eigenvalue weighted by Crippen LogP contribution is -2.02. The van der Waals surface area contributed by atoms with Crippen molar-refractivity contribution in [2.75, 3.05) is 6.61 Å². The molecule has 5 heteroatoms. The molecule has 0 atom stereocenters. The molecule has 0 saturated heterocycles. The Morgan fingerprint density at radius 2 is 2.04 bits per heavy atom. The summed E-state index contributed by atoms with van der Waals surface area (Å²) in [6, 6.07) is 11.4. The molecule has 3 aromatic rings. The fraction of sp³-hybridized carbons (Fsp3) is 0.250. The van der Waals surface area contributed by atoms with Crippen LogP contribution < -0.4 is 4.74 Å². The normalized spacial score (nSPS) is 11.0. The minimum Gasteiger partial charge on any atom is -0.493 e. The quantitative estimate of drug-likeness (QED) is 0.646. The van der Waals surface area contributed by atoms with Gasteiger partial charge in [0.2, 0.25) is 0 Å². The van der Waals surface area contributed by atoms with Gasteiger partial charge in [-0.2, -0.15) is 0 Å². The molecule has 0 fully saturated rings. The minimum atomic E-state index is -0.871. The molecule has 0 unspecified atom stereocenters. The Kier molecular flexibility index (Phi) is 5.00. The lowest BCUT2D eigenvalue weighted by Gasteiger charge is -2.11. The molecule has 0 radical (unpaired) electrons. The number of rotatable bonds is 6. The molecule has 1 aromatic heterocycles. The van der Waals surface area contributed by atoms with Crippen LogP contribution in [0.2, 0.25) is 5.02 Å². The molecular formula is C20H20ClNO3. The number of carboxylic acid groups (broad SMARTS) is 1.